The maximum absolute atomic E-state index is 14.0. The van der Waals surface area contributed by atoms with Crippen molar-refractivity contribution in [2.24, 2.45) is 11.8 Å². The third-order valence-electron chi connectivity index (χ3n) is 13.0. The van der Waals surface area contributed by atoms with Gasteiger partial charge in [-0.2, -0.15) is 8.42 Å². The molecule has 62 heavy (non-hydrogen) atoms. The molecule has 2 aliphatic rings. The Bertz CT molecular complexity index is 2550. The molecule has 3 nitrogen and oxygen atoms in total. The second-order valence-electron chi connectivity index (χ2n) is 23.0. The van der Waals surface area contributed by atoms with Gasteiger partial charge in [0.1, 0.15) is 13.6 Å². The number of thiophene rings is 1. The number of halogens is 2. The first-order valence-electron chi connectivity index (χ1n) is 22.3. The van der Waals surface area contributed by atoms with Gasteiger partial charge < -0.3 is 0 Å². The Morgan fingerprint density at radius 3 is 1.26 bits per heavy atom. The van der Waals surface area contributed by atoms with Gasteiger partial charge in [-0.25, -0.2) is 0 Å². The Balaban J connectivity index is 1.75. The van der Waals surface area contributed by atoms with Gasteiger partial charge in [0, 0.05) is 17.1 Å². The topological polar surface area (TPSA) is 54.4 Å². The molecule has 0 amide bonds. The van der Waals surface area contributed by atoms with Crippen molar-refractivity contribution in [2.75, 3.05) is 0 Å². The quantitative estimate of drug-likeness (QED) is 0.125. The zero-order valence-corrected chi connectivity index (χ0v) is 43.8. The van der Waals surface area contributed by atoms with Crippen LogP contribution in [-0.4, -0.2) is 13.0 Å². The molecule has 0 aliphatic heterocycles. The molecular weight excluding hydrogens is 863 g/mol. The first kappa shape index (κ1) is 47.5. The van der Waals surface area contributed by atoms with Crippen molar-refractivity contribution in [1.29, 1.82) is 0 Å². The van der Waals surface area contributed by atoms with Crippen molar-refractivity contribution in [3.8, 4) is 22.3 Å². The van der Waals surface area contributed by atoms with Gasteiger partial charge in [0.05, 0.1) is 0 Å². The molecular formula is C54H67Cl2O3PS2. The van der Waals surface area contributed by atoms with Crippen molar-refractivity contribution >= 4 is 68.5 Å². The molecule has 0 fully saturated rings. The predicted molar refractivity (Wildman–Crippen MR) is 271 cm³/mol. The monoisotopic (exact) mass is 928 g/mol. The van der Waals surface area contributed by atoms with Gasteiger partial charge in [-0.15, -0.1) is 11.3 Å². The highest BCUT2D eigenvalue weighted by molar-refractivity contribution is 7.88. The average molecular weight is 930 g/mol. The van der Waals surface area contributed by atoms with Crippen LogP contribution in [0.3, 0.4) is 0 Å². The molecule has 4 aromatic carbocycles. The van der Waals surface area contributed by atoms with Gasteiger partial charge in [-0.3, -0.25) is 4.55 Å². The number of rotatable bonds is 8. The Morgan fingerprint density at radius 1 is 0.565 bits per heavy atom. The molecule has 1 aromatic heterocycles. The van der Waals surface area contributed by atoms with Gasteiger partial charge in [-0.1, -0.05) is 195 Å². The highest BCUT2D eigenvalue weighted by Crippen LogP contribution is 2.59. The molecule has 332 valence electrons. The lowest BCUT2D eigenvalue weighted by molar-refractivity contribution is 0.484. The van der Waals surface area contributed by atoms with Gasteiger partial charge in [-0.05, 0) is 132 Å². The van der Waals surface area contributed by atoms with E-state index in [0.717, 1.165) is 45.9 Å². The van der Waals surface area contributed by atoms with Crippen LogP contribution in [0.4, 0.5) is 0 Å². The van der Waals surface area contributed by atoms with Crippen molar-refractivity contribution in [3.63, 3.8) is 0 Å². The lowest BCUT2D eigenvalue weighted by Gasteiger charge is -2.37. The summed E-state index contributed by atoms with van der Waals surface area (Å²) in [5, 5.41) is 2.71. The second kappa shape index (κ2) is 16.1. The number of benzene rings is 4. The van der Waals surface area contributed by atoms with E-state index >= 15 is 0 Å². The van der Waals surface area contributed by atoms with Crippen LogP contribution >= 0.6 is 42.5 Å². The predicted octanol–water partition coefficient (Wildman–Crippen LogP) is 15.6. The minimum atomic E-state index is -4.84. The van der Waals surface area contributed by atoms with Crippen molar-refractivity contribution in [1.82, 2.24) is 0 Å². The standard InChI is InChI=1S/C54H67Cl2O3PS2/c1-29(2)25-39-37-27-31(51(5,6)7)17-19-33(37)35-21-23-41(53(11,12)13)45(43(35)39)60(47-48(62(57,58)59)50(56)61-49(47)55)46-42(54(14,15)16)24-22-36-34-20-18-32(52(8,9)10)28-38(34)40(44(36)46)26-30(3)4/h17-24,27-30,39-40H,25-26H2,1-16H3,(H,57,58,59). The number of hydrogen-bond donors (Lipinski definition) is 1. The summed E-state index contributed by atoms with van der Waals surface area (Å²) in [6, 6.07) is 23.3. The van der Waals surface area contributed by atoms with Crippen LogP contribution in [0.1, 0.15) is 180 Å². The third-order valence-corrected chi connectivity index (χ3v) is 19.0. The third kappa shape index (κ3) is 8.44. The Kier molecular flexibility index (Phi) is 12.3. The van der Waals surface area contributed by atoms with Gasteiger partial charge in [0.25, 0.3) is 10.1 Å². The van der Waals surface area contributed by atoms with Crippen LogP contribution in [0.25, 0.3) is 22.3 Å². The molecule has 2 aliphatic carbocycles. The summed E-state index contributed by atoms with van der Waals surface area (Å²) in [4.78, 5) is -0.257. The zero-order chi connectivity index (χ0) is 46.0. The molecule has 0 saturated carbocycles. The van der Waals surface area contributed by atoms with Crippen molar-refractivity contribution in [3.05, 3.63) is 114 Å². The van der Waals surface area contributed by atoms with Crippen molar-refractivity contribution in [2.45, 2.75) is 162 Å². The van der Waals surface area contributed by atoms with E-state index in [4.69, 9.17) is 23.2 Å². The van der Waals surface area contributed by atoms with Crippen LogP contribution in [0.15, 0.2) is 65.6 Å². The van der Waals surface area contributed by atoms with E-state index in [0.29, 0.717) is 21.5 Å². The maximum atomic E-state index is 14.0. The first-order chi connectivity index (χ1) is 28.4. The minimum Gasteiger partial charge on any atom is -0.282 e. The van der Waals surface area contributed by atoms with Crippen LogP contribution in [0.5, 0.6) is 0 Å². The summed E-state index contributed by atoms with van der Waals surface area (Å²) in [6.45, 7) is 36.4. The molecule has 0 spiro atoms. The minimum absolute atomic E-state index is 0.0107. The summed E-state index contributed by atoms with van der Waals surface area (Å²) >= 11 is 15.6. The fraction of sp³-hybridized carbons (Fsp3) is 0.481. The summed E-state index contributed by atoms with van der Waals surface area (Å²) in [5.41, 5.74) is 14.1. The number of hydrogen-bond acceptors (Lipinski definition) is 3. The SMILES string of the molecule is CC(C)CC1c2cc(C(C)(C)C)ccc2-c2ccc(C(C)(C)C)c(P(c3c(C(C)(C)C)ccc4c3C(CC(C)C)c3cc(C(C)(C)C)ccc3-4)c3c(Cl)sc(Cl)c3S(=O)(=O)O)c21. The van der Waals surface area contributed by atoms with E-state index in [9.17, 15) is 13.0 Å². The molecule has 2 atom stereocenters. The largest absolute Gasteiger partial charge is 0.297 e. The molecule has 8 heteroatoms. The van der Waals surface area contributed by atoms with E-state index in [1.54, 1.807) is 0 Å². The Morgan fingerprint density at radius 2 is 0.935 bits per heavy atom. The second-order valence-corrected chi connectivity index (χ2v) is 28.5. The molecule has 0 radical (unpaired) electrons. The molecule has 0 bridgehead atoms. The maximum Gasteiger partial charge on any atom is 0.297 e. The Labute approximate surface area is 389 Å². The fourth-order valence-electron chi connectivity index (χ4n) is 10.1. The molecule has 5 aromatic rings. The van der Waals surface area contributed by atoms with Crippen LogP contribution in [0, 0.1) is 11.8 Å². The molecule has 1 heterocycles. The van der Waals surface area contributed by atoms with Crippen LogP contribution in [0.2, 0.25) is 8.67 Å². The van der Waals surface area contributed by atoms with Gasteiger partial charge >= 0.3 is 0 Å². The summed E-state index contributed by atoms with van der Waals surface area (Å²) < 4.78 is 39.5. The van der Waals surface area contributed by atoms with Crippen LogP contribution < -0.4 is 15.9 Å². The lowest BCUT2D eigenvalue weighted by atomic mass is 9.81. The van der Waals surface area contributed by atoms with E-state index in [1.165, 1.54) is 55.6 Å². The van der Waals surface area contributed by atoms with Crippen LogP contribution in [-0.2, 0) is 31.8 Å². The summed E-state index contributed by atoms with van der Waals surface area (Å²) in [6.07, 6.45) is 1.83. The van der Waals surface area contributed by atoms with E-state index in [-0.39, 0.29) is 42.7 Å². The molecule has 0 saturated heterocycles. The number of fused-ring (bicyclic) bond motifs is 6. The van der Waals surface area contributed by atoms with Crippen molar-refractivity contribution < 1.29 is 13.0 Å². The molecule has 1 N–H and O–H groups in total. The lowest BCUT2D eigenvalue weighted by Crippen LogP contribution is -2.37. The normalized spacial score (nSPS) is 17.1. The van der Waals surface area contributed by atoms with E-state index < -0.39 is 18.0 Å². The molecule has 7 rings (SSSR count). The summed E-state index contributed by atoms with van der Waals surface area (Å²) in [7, 11) is -6.66. The van der Waals surface area contributed by atoms with E-state index in [1.807, 2.05) is 0 Å². The Hall–Kier alpha value is -2.50. The van der Waals surface area contributed by atoms with Gasteiger partial charge in [0.2, 0.25) is 0 Å². The highest BCUT2D eigenvalue weighted by Gasteiger charge is 2.46. The highest BCUT2D eigenvalue weighted by atomic mass is 35.5. The zero-order valence-electron chi connectivity index (χ0n) is 39.8. The fourth-order valence-corrected chi connectivity index (χ4v) is 17.7. The first-order valence-corrected chi connectivity index (χ1v) is 26.7. The summed E-state index contributed by atoms with van der Waals surface area (Å²) in [5.74, 6) is 0.823. The molecule has 2 unspecified atom stereocenters. The smallest absolute Gasteiger partial charge is 0.282 e. The van der Waals surface area contributed by atoms with E-state index in [2.05, 4.69) is 171 Å². The van der Waals surface area contributed by atoms with Gasteiger partial charge in [0.15, 0.2) is 0 Å². The average Bonchev–Trinajstić information content (AvgIpc) is 3.72.